The molecule has 21 heavy (non-hydrogen) atoms. The van der Waals surface area contributed by atoms with Crippen molar-refractivity contribution >= 4 is 5.91 Å². The van der Waals surface area contributed by atoms with Crippen LogP contribution in [-0.4, -0.2) is 15.9 Å². The highest BCUT2D eigenvalue weighted by atomic mass is 19.1. The van der Waals surface area contributed by atoms with Gasteiger partial charge in [-0.2, -0.15) is 0 Å². The monoisotopic (exact) mass is 287 g/mol. The molecule has 1 aromatic carbocycles. The number of hydrogen-bond acceptors (Lipinski definition) is 2. The van der Waals surface area contributed by atoms with Crippen LogP contribution in [0.15, 0.2) is 24.3 Å². The summed E-state index contributed by atoms with van der Waals surface area (Å²) in [6.07, 6.45) is 4.71. The van der Waals surface area contributed by atoms with E-state index in [4.69, 9.17) is 0 Å². The first-order valence-electron chi connectivity index (χ1n) is 7.28. The van der Waals surface area contributed by atoms with Gasteiger partial charge >= 0.3 is 0 Å². The van der Waals surface area contributed by atoms with Crippen LogP contribution in [-0.2, 0) is 30.6 Å². The van der Waals surface area contributed by atoms with Crippen LogP contribution in [0, 0.1) is 5.82 Å². The average molecular weight is 287 g/mol. The number of aromatic amines is 1. The zero-order chi connectivity index (χ0) is 14.7. The van der Waals surface area contributed by atoms with E-state index in [1.165, 1.54) is 30.7 Å². The Morgan fingerprint density at radius 1 is 1.24 bits per heavy atom. The summed E-state index contributed by atoms with van der Waals surface area (Å²) in [5, 5.41) is 2.84. The maximum absolute atomic E-state index is 12.8. The van der Waals surface area contributed by atoms with Crippen molar-refractivity contribution in [2.75, 3.05) is 0 Å². The molecule has 0 bridgehead atoms. The summed E-state index contributed by atoms with van der Waals surface area (Å²) in [6, 6.07) is 5.98. The molecule has 0 spiro atoms. The van der Waals surface area contributed by atoms with Gasteiger partial charge in [-0.3, -0.25) is 4.79 Å². The molecule has 1 amide bonds. The van der Waals surface area contributed by atoms with Gasteiger partial charge in [-0.15, -0.1) is 0 Å². The molecule has 1 aromatic heterocycles. The molecule has 0 saturated carbocycles. The molecular formula is C16H18FN3O. The van der Waals surface area contributed by atoms with Crippen molar-refractivity contribution in [2.45, 2.75) is 38.6 Å². The van der Waals surface area contributed by atoms with Crippen LogP contribution < -0.4 is 5.32 Å². The number of rotatable bonds is 4. The molecule has 0 atom stereocenters. The van der Waals surface area contributed by atoms with Crippen molar-refractivity contribution < 1.29 is 9.18 Å². The van der Waals surface area contributed by atoms with E-state index in [1.807, 2.05) is 0 Å². The molecule has 2 N–H and O–H groups in total. The van der Waals surface area contributed by atoms with Gasteiger partial charge < -0.3 is 10.3 Å². The molecule has 1 aliphatic carbocycles. The lowest BCUT2D eigenvalue weighted by Gasteiger charge is -2.07. The zero-order valence-electron chi connectivity index (χ0n) is 11.8. The van der Waals surface area contributed by atoms with Gasteiger partial charge in [0.05, 0.1) is 18.7 Å². The minimum Gasteiger partial charge on any atom is -0.349 e. The fraction of sp³-hybridized carbons (Fsp3) is 0.375. The number of benzene rings is 1. The Labute approximate surface area is 122 Å². The minimum atomic E-state index is -0.291. The van der Waals surface area contributed by atoms with Crippen LogP contribution in [0.3, 0.4) is 0 Å². The number of aromatic nitrogens is 2. The zero-order valence-corrected chi connectivity index (χ0v) is 11.8. The summed E-state index contributed by atoms with van der Waals surface area (Å²) in [6.45, 7) is 0.410. The summed E-state index contributed by atoms with van der Waals surface area (Å²) in [7, 11) is 0. The average Bonchev–Trinajstić information content (AvgIpc) is 2.90. The van der Waals surface area contributed by atoms with Crippen molar-refractivity contribution in [3.8, 4) is 0 Å². The Kier molecular flexibility index (Phi) is 3.99. The quantitative estimate of drug-likeness (QED) is 0.906. The van der Waals surface area contributed by atoms with Gasteiger partial charge in [-0.1, -0.05) is 12.1 Å². The summed E-state index contributed by atoms with van der Waals surface area (Å²) in [5.41, 5.74) is 3.15. The highest BCUT2D eigenvalue weighted by Gasteiger charge is 2.14. The van der Waals surface area contributed by atoms with E-state index in [-0.39, 0.29) is 18.1 Å². The van der Waals surface area contributed by atoms with Gasteiger partial charge in [0.2, 0.25) is 5.91 Å². The smallest absolute Gasteiger partial charge is 0.224 e. The molecule has 0 saturated heterocycles. The lowest BCUT2D eigenvalue weighted by molar-refractivity contribution is -0.120. The van der Waals surface area contributed by atoms with Crippen molar-refractivity contribution in [3.63, 3.8) is 0 Å². The van der Waals surface area contributed by atoms with E-state index in [0.717, 1.165) is 29.9 Å². The Morgan fingerprint density at radius 3 is 2.76 bits per heavy atom. The number of aryl methyl sites for hydroxylation is 2. The molecule has 2 aromatic rings. The number of H-pyrrole nitrogens is 1. The largest absolute Gasteiger partial charge is 0.349 e. The molecule has 1 heterocycles. The number of nitrogens with zero attached hydrogens (tertiary/aromatic N) is 1. The standard InChI is InChI=1S/C16H18FN3O/c17-12-7-5-11(6-8-12)9-16(21)18-10-15-19-13-3-1-2-4-14(13)20-15/h5-8H,1-4,9-10H2,(H,18,21)(H,19,20). The minimum absolute atomic E-state index is 0.0871. The van der Waals surface area contributed by atoms with Crippen molar-refractivity contribution in [3.05, 3.63) is 52.9 Å². The number of fused-ring (bicyclic) bond motifs is 1. The molecule has 0 unspecified atom stereocenters. The van der Waals surface area contributed by atoms with Crippen LogP contribution in [0.2, 0.25) is 0 Å². The van der Waals surface area contributed by atoms with E-state index < -0.39 is 0 Å². The molecule has 1 aliphatic rings. The summed E-state index contributed by atoms with van der Waals surface area (Å²) in [5.74, 6) is 0.436. The normalized spacial score (nSPS) is 13.8. The SMILES string of the molecule is O=C(Cc1ccc(F)cc1)NCc1nc2c([nH]1)CCCC2. The number of nitrogens with one attached hydrogen (secondary N) is 2. The van der Waals surface area contributed by atoms with Gasteiger partial charge in [0.15, 0.2) is 0 Å². The second kappa shape index (κ2) is 6.08. The Hall–Kier alpha value is -2.17. The summed E-state index contributed by atoms with van der Waals surface area (Å²) < 4.78 is 12.8. The number of halogens is 1. The third kappa shape index (κ3) is 3.48. The molecule has 110 valence electrons. The summed E-state index contributed by atoms with van der Waals surface area (Å²) in [4.78, 5) is 19.7. The van der Waals surface area contributed by atoms with E-state index in [1.54, 1.807) is 12.1 Å². The molecular weight excluding hydrogens is 269 g/mol. The third-order valence-corrected chi connectivity index (χ3v) is 3.73. The van der Waals surface area contributed by atoms with Crippen molar-refractivity contribution in [1.29, 1.82) is 0 Å². The van der Waals surface area contributed by atoms with Crippen LogP contribution in [0.1, 0.15) is 35.6 Å². The number of imidazole rings is 1. The number of amides is 1. The Bertz CT molecular complexity index is 610. The fourth-order valence-electron chi connectivity index (χ4n) is 2.63. The van der Waals surface area contributed by atoms with Crippen LogP contribution in [0.25, 0.3) is 0 Å². The van der Waals surface area contributed by atoms with E-state index >= 15 is 0 Å². The second-order valence-corrected chi connectivity index (χ2v) is 5.40. The van der Waals surface area contributed by atoms with Gasteiger partial charge in [0, 0.05) is 5.69 Å². The topological polar surface area (TPSA) is 57.8 Å². The molecule has 0 aliphatic heterocycles. The first-order chi connectivity index (χ1) is 10.2. The predicted octanol–water partition coefficient (Wildman–Crippen LogP) is 2.29. The molecule has 0 radical (unpaired) electrons. The Balaban J connectivity index is 1.53. The van der Waals surface area contributed by atoms with Gasteiger partial charge in [-0.05, 0) is 43.4 Å². The van der Waals surface area contributed by atoms with E-state index in [0.29, 0.717) is 6.54 Å². The number of carbonyl (C=O) groups excluding carboxylic acids is 1. The number of carbonyl (C=O) groups is 1. The van der Waals surface area contributed by atoms with E-state index in [9.17, 15) is 9.18 Å². The molecule has 5 heteroatoms. The van der Waals surface area contributed by atoms with E-state index in [2.05, 4.69) is 15.3 Å². The fourth-order valence-corrected chi connectivity index (χ4v) is 2.63. The van der Waals surface area contributed by atoms with Gasteiger partial charge in [-0.25, -0.2) is 9.37 Å². The lowest BCUT2D eigenvalue weighted by Crippen LogP contribution is -2.25. The molecule has 4 nitrogen and oxygen atoms in total. The maximum atomic E-state index is 12.8. The van der Waals surface area contributed by atoms with Crippen LogP contribution in [0.5, 0.6) is 0 Å². The van der Waals surface area contributed by atoms with Crippen LogP contribution >= 0.6 is 0 Å². The lowest BCUT2D eigenvalue weighted by atomic mass is 10.0. The highest BCUT2D eigenvalue weighted by Crippen LogP contribution is 2.18. The third-order valence-electron chi connectivity index (χ3n) is 3.73. The predicted molar refractivity (Wildman–Crippen MR) is 77.2 cm³/mol. The van der Waals surface area contributed by atoms with Crippen molar-refractivity contribution in [2.24, 2.45) is 0 Å². The maximum Gasteiger partial charge on any atom is 0.224 e. The number of hydrogen-bond donors (Lipinski definition) is 2. The van der Waals surface area contributed by atoms with Crippen LogP contribution in [0.4, 0.5) is 4.39 Å². The van der Waals surface area contributed by atoms with Gasteiger partial charge in [0.25, 0.3) is 0 Å². The van der Waals surface area contributed by atoms with Crippen molar-refractivity contribution in [1.82, 2.24) is 15.3 Å². The first kappa shape index (κ1) is 13.8. The highest BCUT2D eigenvalue weighted by molar-refractivity contribution is 5.78. The molecule has 3 rings (SSSR count). The Morgan fingerprint density at radius 2 is 2.00 bits per heavy atom. The second-order valence-electron chi connectivity index (χ2n) is 5.40. The molecule has 0 fully saturated rings. The first-order valence-corrected chi connectivity index (χ1v) is 7.28. The summed E-state index contributed by atoms with van der Waals surface area (Å²) >= 11 is 0. The van der Waals surface area contributed by atoms with Gasteiger partial charge in [0.1, 0.15) is 11.6 Å².